The molecule has 0 heterocycles. The standard InChI is InChI=1S/C19H23ClN2O4S/c1-3-11-21-27(24,25)16-9-10-18(17(20)12-16)26-13-19(23)22-14(2)15-7-5-4-6-8-15/h4-10,12,14,21H,3,11,13H2,1-2H3,(H,22,23)/t14-/m1/s1. The van der Waals surface area contributed by atoms with E-state index in [9.17, 15) is 13.2 Å². The van der Waals surface area contributed by atoms with E-state index in [0.717, 1.165) is 5.56 Å². The van der Waals surface area contributed by atoms with Crippen molar-refractivity contribution < 1.29 is 17.9 Å². The number of hydrogen-bond donors (Lipinski definition) is 2. The average Bonchev–Trinajstić information content (AvgIpc) is 2.66. The minimum Gasteiger partial charge on any atom is -0.482 e. The quantitative estimate of drug-likeness (QED) is 0.664. The number of ether oxygens (including phenoxy) is 1. The number of sulfonamides is 1. The summed E-state index contributed by atoms with van der Waals surface area (Å²) >= 11 is 6.11. The van der Waals surface area contributed by atoms with Crippen LogP contribution in [0.3, 0.4) is 0 Å². The Hall–Kier alpha value is -2.09. The summed E-state index contributed by atoms with van der Waals surface area (Å²) in [5.41, 5.74) is 0.984. The minimum absolute atomic E-state index is 0.0513. The molecule has 0 aliphatic rings. The monoisotopic (exact) mass is 410 g/mol. The van der Waals surface area contributed by atoms with Crippen molar-refractivity contribution in [2.24, 2.45) is 0 Å². The Balaban J connectivity index is 1.95. The van der Waals surface area contributed by atoms with Gasteiger partial charge in [0.25, 0.3) is 5.91 Å². The van der Waals surface area contributed by atoms with E-state index in [-0.39, 0.29) is 34.2 Å². The fourth-order valence-corrected chi connectivity index (χ4v) is 3.80. The number of benzene rings is 2. The first-order valence-electron chi connectivity index (χ1n) is 8.60. The van der Waals surface area contributed by atoms with Gasteiger partial charge in [-0.2, -0.15) is 0 Å². The van der Waals surface area contributed by atoms with E-state index in [1.54, 1.807) is 0 Å². The van der Waals surface area contributed by atoms with Gasteiger partial charge in [0.15, 0.2) is 6.61 Å². The third-order valence-electron chi connectivity index (χ3n) is 3.79. The van der Waals surface area contributed by atoms with Crippen LogP contribution in [-0.2, 0) is 14.8 Å². The summed E-state index contributed by atoms with van der Waals surface area (Å²) < 4.78 is 32.1. The summed E-state index contributed by atoms with van der Waals surface area (Å²) in [6, 6.07) is 13.5. The van der Waals surface area contributed by atoms with Crippen LogP contribution in [0.25, 0.3) is 0 Å². The van der Waals surface area contributed by atoms with Crippen molar-refractivity contribution >= 4 is 27.5 Å². The highest BCUT2D eigenvalue weighted by molar-refractivity contribution is 7.89. The lowest BCUT2D eigenvalue weighted by atomic mass is 10.1. The molecule has 0 aliphatic carbocycles. The predicted molar refractivity (Wildman–Crippen MR) is 105 cm³/mol. The molecule has 2 aromatic rings. The van der Waals surface area contributed by atoms with E-state index < -0.39 is 10.0 Å². The van der Waals surface area contributed by atoms with E-state index in [2.05, 4.69) is 10.0 Å². The first kappa shape index (κ1) is 21.2. The molecule has 0 radical (unpaired) electrons. The van der Waals surface area contributed by atoms with Crippen LogP contribution < -0.4 is 14.8 Å². The van der Waals surface area contributed by atoms with Gasteiger partial charge in [0, 0.05) is 6.54 Å². The van der Waals surface area contributed by atoms with Crippen molar-refractivity contribution in [3.63, 3.8) is 0 Å². The first-order valence-corrected chi connectivity index (χ1v) is 10.5. The molecular weight excluding hydrogens is 388 g/mol. The van der Waals surface area contributed by atoms with Gasteiger partial charge in [0.2, 0.25) is 10.0 Å². The van der Waals surface area contributed by atoms with Crippen molar-refractivity contribution in [1.29, 1.82) is 0 Å². The Morgan fingerprint density at radius 3 is 2.52 bits per heavy atom. The highest BCUT2D eigenvalue weighted by Gasteiger charge is 2.16. The molecule has 2 N–H and O–H groups in total. The molecule has 1 atom stereocenters. The highest BCUT2D eigenvalue weighted by Crippen LogP contribution is 2.27. The number of nitrogens with one attached hydrogen (secondary N) is 2. The highest BCUT2D eigenvalue weighted by atomic mass is 35.5. The molecule has 0 saturated carbocycles. The molecule has 8 heteroatoms. The molecule has 0 spiro atoms. The number of carbonyl (C=O) groups excluding carboxylic acids is 1. The smallest absolute Gasteiger partial charge is 0.258 e. The van der Waals surface area contributed by atoms with Crippen LogP contribution >= 0.6 is 11.6 Å². The Bertz CT molecular complexity index is 873. The second-order valence-corrected chi connectivity index (χ2v) is 8.15. The number of amides is 1. The zero-order valence-electron chi connectivity index (χ0n) is 15.2. The lowest BCUT2D eigenvalue weighted by Gasteiger charge is -2.15. The minimum atomic E-state index is -3.61. The van der Waals surface area contributed by atoms with Crippen LogP contribution in [0.15, 0.2) is 53.4 Å². The topological polar surface area (TPSA) is 84.5 Å². The third-order valence-corrected chi connectivity index (χ3v) is 5.55. The zero-order valence-corrected chi connectivity index (χ0v) is 16.8. The van der Waals surface area contributed by atoms with Gasteiger partial charge in [-0.1, -0.05) is 48.9 Å². The number of hydrogen-bond acceptors (Lipinski definition) is 4. The molecule has 0 aromatic heterocycles. The maximum atomic E-state index is 12.1. The molecule has 2 rings (SSSR count). The molecule has 1 amide bonds. The second kappa shape index (κ2) is 9.73. The predicted octanol–water partition coefficient (Wildman–Crippen LogP) is 3.28. The Morgan fingerprint density at radius 1 is 1.19 bits per heavy atom. The number of carbonyl (C=O) groups is 1. The van der Waals surface area contributed by atoms with Crippen LogP contribution in [0.4, 0.5) is 0 Å². The van der Waals surface area contributed by atoms with Crippen LogP contribution in [0.1, 0.15) is 31.9 Å². The molecule has 0 fully saturated rings. The Labute approximate surface area is 164 Å². The molecule has 146 valence electrons. The summed E-state index contributed by atoms with van der Waals surface area (Å²) in [6.45, 7) is 3.87. The van der Waals surface area contributed by atoms with E-state index in [4.69, 9.17) is 16.3 Å². The van der Waals surface area contributed by atoms with Gasteiger partial charge in [-0.15, -0.1) is 0 Å². The molecular formula is C19H23ClN2O4S. The van der Waals surface area contributed by atoms with E-state index in [1.165, 1.54) is 18.2 Å². The average molecular weight is 411 g/mol. The summed E-state index contributed by atoms with van der Waals surface area (Å²) in [4.78, 5) is 12.1. The van der Waals surface area contributed by atoms with Crippen LogP contribution in [0, 0.1) is 0 Å². The fraction of sp³-hybridized carbons (Fsp3) is 0.316. The van der Waals surface area contributed by atoms with Gasteiger partial charge in [-0.05, 0) is 37.1 Å². The van der Waals surface area contributed by atoms with Crippen LogP contribution in [0.2, 0.25) is 5.02 Å². The van der Waals surface area contributed by atoms with Gasteiger partial charge in [0.1, 0.15) is 5.75 Å². The summed E-state index contributed by atoms with van der Waals surface area (Å²) in [7, 11) is -3.61. The van der Waals surface area contributed by atoms with Gasteiger partial charge in [-0.25, -0.2) is 13.1 Å². The van der Waals surface area contributed by atoms with Gasteiger partial charge in [0.05, 0.1) is 16.0 Å². The summed E-state index contributed by atoms with van der Waals surface area (Å²) in [5, 5.41) is 2.96. The maximum absolute atomic E-state index is 12.1. The van der Waals surface area contributed by atoms with Crippen molar-refractivity contribution in [1.82, 2.24) is 10.0 Å². The fourth-order valence-electron chi connectivity index (χ4n) is 2.34. The van der Waals surface area contributed by atoms with Crippen molar-refractivity contribution in [2.75, 3.05) is 13.2 Å². The number of halogens is 1. The van der Waals surface area contributed by atoms with Crippen LogP contribution in [0.5, 0.6) is 5.75 Å². The molecule has 2 aromatic carbocycles. The first-order chi connectivity index (χ1) is 12.8. The molecule has 0 saturated heterocycles. The molecule has 6 nitrogen and oxygen atoms in total. The Morgan fingerprint density at radius 2 is 1.89 bits per heavy atom. The van der Waals surface area contributed by atoms with Crippen molar-refractivity contribution in [3.05, 3.63) is 59.1 Å². The lowest BCUT2D eigenvalue weighted by molar-refractivity contribution is -0.123. The van der Waals surface area contributed by atoms with Crippen molar-refractivity contribution in [3.8, 4) is 5.75 Å². The summed E-state index contributed by atoms with van der Waals surface area (Å²) in [5.74, 6) is -0.0580. The molecule has 0 unspecified atom stereocenters. The van der Waals surface area contributed by atoms with Gasteiger partial charge in [-0.3, -0.25) is 4.79 Å². The van der Waals surface area contributed by atoms with Crippen molar-refractivity contribution in [2.45, 2.75) is 31.2 Å². The molecule has 0 bridgehead atoms. The largest absolute Gasteiger partial charge is 0.482 e. The second-order valence-electron chi connectivity index (χ2n) is 5.98. The SMILES string of the molecule is CCCNS(=O)(=O)c1ccc(OCC(=O)N[C@H](C)c2ccccc2)c(Cl)c1. The number of rotatable bonds is 9. The maximum Gasteiger partial charge on any atom is 0.258 e. The van der Waals surface area contributed by atoms with Gasteiger partial charge < -0.3 is 10.1 Å². The molecule has 27 heavy (non-hydrogen) atoms. The summed E-state index contributed by atoms with van der Waals surface area (Å²) in [6.07, 6.45) is 0.685. The normalized spacial score (nSPS) is 12.4. The van der Waals surface area contributed by atoms with E-state index >= 15 is 0 Å². The van der Waals surface area contributed by atoms with E-state index in [1.807, 2.05) is 44.2 Å². The zero-order chi connectivity index (χ0) is 19.9. The third kappa shape index (κ3) is 6.23. The van der Waals surface area contributed by atoms with Crippen LogP contribution in [-0.4, -0.2) is 27.5 Å². The Kier molecular flexibility index (Phi) is 7.65. The van der Waals surface area contributed by atoms with E-state index in [0.29, 0.717) is 13.0 Å². The lowest BCUT2D eigenvalue weighted by Crippen LogP contribution is -2.31. The molecule has 0 aliphatic heterocycles. The van der Waals surface area contributed by atoms with Gasteiger partial charge >= 0.3 is 0 Å².